The quantitative estimate of drug-likeness (QED) is 0.333. The number of anilines is 2. The van der Waals surface area contributed by atoms with Gasteiger partial charge in [0.15, 0.2) is 5.58 Å². The van der Waals surface area contributed by atoms with E-state index in [1.54, 1.807) is 12.1 Å². The molecular weight excluding hydrogens is 386 g/mol. The van der Waals surface area contributed by atoms with Crippen molar-refractivity contribution in [3.8, 4) is 11.1 Å². The molecule has 0 radical (unpaired) electrons. The Morgan fingerprint density at radius 3 is 2.52 bits per heavy atom. The van der Waals surface area contributed by atoms with Gasteiger partial charge in [-0.25, -0.2) is 4.79 Å². The predicted octanol–water partition coefficient (Wildman–Crippen LogP) is 6.91. The number of hydrogen-bond acceptors (Lipinski definition) is 4. The number of rotatable bonds is 3. The van der Waals surface area contributed by atoms with Crippen molar-refractivity contribution >= 4 is 45.1 Å². The number of nitrogens with one attached hydrogen (secondary N) is 1. The summed E-state index contributed by atoms with van der Waals surface area (Å²) < 4.78 is 11.8. The first-order valence-corrected chi connectivity index (χ1v) is 9.56. The van der Waals surface area contributed by atoms with E-state index in [-0.39, 0.29) is 0 Å². The van der Waals surface area contributed by atoms with E-state index in [1.165, 1.54) is 0 Å². The number of para-hydroxylation sites is 2. The molecule has 5 rings (SSSR count). The zero-order chi connectivity index (χ0) is 20.0. The third-order valence-electron chi connectivity index (χ3n) is 4.95. The normalized spacial score (nSPS) is 11.2. The molecule has 1 N–H and O–H groups in total. The molecule has 0 spiro atoms. The topological polar surface area (TPSA) is 55.4 Å². The van der Waals surface area contributed by atoms with Crippen LogP contribution < -0.4 is 10.9 Å². The van der Waals surface area contributed by atoms with Gasteiger partial charge in [0.25, 0.3) is 0 Å². The molecule has 3 aromatic carbocycles. The molecular formula is C24H16ClNO3. The molecule has 0 unspecified atom stereocenters. The Hall–Kier alpha value is -3.50. The second-order valence-corrected chi connectivity index (χ2v) is 7.28. The van der Waals surface area contributed by atoms with Gasteiger partial charge in [-0.3, -0.25) is 0 Å². The average molecular weight is 402 g/mol. The van der Waals surface area contributed by atoms with Gasteiger partial charge in [0, 0.05) is 10.7 Å². The van der Waals surface area contributed by atoms with Crippen LogP contribution in [-0.2, 0) is 0 Å². The molecule has 0 bridgehead atoms. The van der Waals surface area contributed by atoms with Crippen LogP contribution in [0.3, 0.4) is 0 Å². The molecule has 5 aromatic rings. The van der Waals surface area contributed by atoms with Crippen molar-refractivity contribution in [2.75, 3.05) is 5.32 Å². The summed E-state index contributed by atoms with van der Waals surface area (Å²) in [6.07, 6.45) is 0. The van der Waals surface area contributed by atoms with E-state index >= 15 is 0 Å². The van der Waals surface area contributed by atoms with Crippen LogP contribution in [0.2, 0.25) is 5.02 Å². The molecule has 29 heavy (non-hydrogen) atoms. The van der Waals surface area contributed by atoms with Gasteiger partial charge in [0.2, 0.25) is 5.88 Å². The highest BCUT2D eigenvalue weighted by Crippen LogP contribution is 2.41. The van der Waals surface area contributed by atoms with Gasteiger partial charge < -0.3 is 14.2 Å². The van der Waals surface area contributed by atoms with E-state index in [9.17, 15) is 4.79 Å². The van der Waals surface area contributed by atoms with Crippen molar-refractivity contribution in [2.45, 2.75) is 6.92 Å². The van der Waals surface area contributed by atoms with E-state index in [4.69, 9.17) is 20.4 Å². The largest absolute Gasteiger partial charge is 0.439 e. The molecule has 142 valence electrons. The SMILES string of the molecule is Cc1ccccc1Nc1oc2c(c1-c1cccc(Cl)c1)c(=O)oc1ccccc12. The van der Waals surface area contributed by atoms with Gasteiger partial charge >= 0.3 is 5.63 Å². The van der Waals surface area contributed by atoms with Gasteiger partial charge in [0.1, 0.15) is 11.0 Å². The average Bonchev–Trinajstić information content (AvgIpc) is 3.10. The van der Waals surface area contributed by atoms with Crippen LogP contribution >= 0.6 is 11.6 Å². The van der Waals surface area contributed by atoms with Crippen molar-refractivity contribution in [1.29, 1.82) is 0 Å². The van der Waals surface area contributed by atoms with Crippen LogP contribution in [0.4, 0.5) is 11.6 Å². The second-order valence-electron chi connectivity index (χ2n) is 6.85. The Morgan fingerprint density at radius 2 is 1.69 bits per heavy atom. The van der Waals surface area contributed by atoms with Crippen LogP contribution in [0, 0.1) is 6.92 Å². The Kier molecular flexibility index (Phi) is 4.14. The Balaban J connectivity index is 1.87. The predicted molar refractivity (Wildman–Crippen MR) is 117 cm³/mol. The monoisotopic (exact) mass is 401 g/mol. The molecule has 0 aliphatic carbocycles. The maximum Gasteiger partial charge on any atom is 0.348 e. The van der Waals surface area contributed by atoms with Crippen LogP contribution in [0.25, 0.3) is 33.1 Å². The molecule has 2 aromatic heterocycles. The zero-order valence-electron chi connectivity index (χ0n) is 15.5. The molecule has 0 aliphatic rings. The Bertz CT molecular complexity index is 1430. The maximum atomic E-state index is 12.9. The summed E-state index contributed by atoms with van der Waals surface area (Å²) in [7, 11) is 0. The minimum atomic E-state index is -0.449. The third-order valence-corrected chi connectivity index (χ3v) is 5.19. The lowest BCUT2D eigenvalue weighted by Crippen LogP contribution is -2.00. The standard InChI is InChI=1S/C24H16ClNO3/c1-14-7-2-4-11-18(14)26-23-20(15-8-6-9-16(25)13-15)21-22(29-23)17-10-3-5-12-19(17)28-24(21)27/h2-13,26H,1H3. The van der Waals surface area contributed by atoms with Crippen molar-refractivity contribution in [1.82, 2.24) is 0 Å². The van der Waals surface area contributed by atoms with E-state index in [1.807, 2.05) is 67.6 Å². The molecule has 0 saturated heterocycles. The second kappa shape index (κ2) is 6.83. The smallest absolute Gasteiger partial charge is 0.348 e. The zero-order valence-corrected chi connectivity index (χ0v) is 16.3. The highest BCUT2D eigenvalue weighted by molar-refractivity contribution is 6.31. The fourth-order valence-electron chi connectivity index (χ4n) is 3.55. The minimum Gasteiger partial charge on any atom is -0.439 e. The van der Waals surface area contributed by atoms with Gasteiger partial charge in [0.05, 0.1) is 10.9 Å². The van der Waals surface area contributed by atoms with Gasteiger partial charge in [-0.2, -0.15) is 0 Å². The molecule has 0 fully saturated rings. The third kappa shape index (κ3) is 2.98. The van der Waals surface area contributed by atoms with Gasteiger partial charge in [-0.1, -0.05) is 54.1 Å². The van der Waals surface area contributed by atoms with Crippen molar-refractivity contribution in [3.63, 3.8) is 0 Å². The highest BCUT2D eigenvalue weighted by Gasteiger charge is 2.23. The summed E-state index contributed by atoms with van der Waals surface area (Å²) >= 11 is 6.23. The van der Waals surface area contributed by atoms with E-state index in [2.05, 4.69) is 5.32 Å². The molecule has 2 heterocycles. The minimum absolute atomic E-state index is 0.391. The highest BCUT2D eigenvalue weighted by atomic mass is 35.5. The Labute approximate surface area is 171 Å². The van der Waals surface area contributed by atoms with Crippen molar-refractivity contribution in [3.05, 3.63) is 93.8 Å². The lowest BCUT2D eigenvalue weighted by Gasteiger charge is -2.09. The first-order valence-electron chi connectivity index (χ1n) is 9.19. The molecule has 5 heteroatoms. The number of benzene rings is 3. The van der Waals surface area contributed by atoms with Gasteiger partial charge in [-0.05, 0) is 48.4 Å². The number of hydrogen-bond donors (Lipinski definition) is 1. The number of furan rings is 1. The fraction of sp³-hybridized carbons (Fsp3) is 0.0417. The molecule has 4 nitrogen and oxygen atoms in total. The number of aryl methyl sites for hydroxylation is 1. The van der Waals surface area contributed by atoms with Crippen LogP contribution in [0.15, 0.2) is 86.4 Å². The summed E-state index contributed by atoms with van der Waals surface area (Å²) in [5, 5.41) is 5.05. The maximum absolute atomic E-state index is 12.9. The molecule has 0 aliphatic heterocycles. The van der Waals surface area contributed by atoms with E-state index in [0.29, 0.717) is 33.0 Å². The summed E-state index contributed by atoms with van der Waals surface area (Å²) in [4.78, 5) is 12.9. The molecule has 0 amide bonds. The van der Waals surface area contributed by atoms with E-state index in [0.717, 1.165) is 22.2 Å². The lowest BCUT2D eigenvalue weighted by molar-refractivity contribution is 0.566. The summed E-state index contributed by atoms with van der Waals surface area (Å²) in [6.45, 7) is 2.01. The molecule has 0 atom stereocenters. The van der Waals surface area contributed by atoms with Crippen LogP contribution in [0.5, 0.6) is 0 Å². The first-order chi connectivity index (χ1) is 14.1. The Morgan fingerprint density at radius 1 is 0.897 bits per heavy atom. The fourth-order valence-corrected chi connectivity index (χ4v) is 3.74. The first kappa shape index (κ1) is 17.6. The van der Waals surface area contributed by atoms with Crippen LogP contribution in [0.1, 0.15) is 5.56 Å². The lowest BCUT2D eigenvalue weighted by atomic mass is 10.0. The number of halogens is 1. The van der Waals surface area contributed by atoms with Gasteiger partial charge in [-0.15, -0.1) is 0 Å². The van der Waals surface area contributed by atoms with E-state index < -0.39 is 5.63 Å². The van der Waals surface area contributed by atoms with Crippen molar-refractivity contribution < 1.29 is 8.83 Å². The summed E-state index contributed by atoms with van der Waals surface area (Å²) in [6, 6.07) is 22.6. The summed E-state index contributed by atoms with van der Waals surface area (Å²) in [5.74, 6) is 0.472. The van der Waals surface area contributed by atoms with Crippen LogP contribution in [-0.4, -0.2) is 0 Å². The molecule has 0 saturated carbocycles. The number of fused-ring (bicyclic) bond motifs is 3. The van der Waals surface area contributed by atoms with Crippen molar-refractivity contribution in [2.24, 2.45) is 0 Å². The summed E-state index contributed by atoms with van der Waals surface area (Å²) in [5.41, 5.74) is 3.88.